The molecule has 0 N–H and O–H groups in total. The van der Waals surface area contributed by atoms with Crippen molar-refractivity contribution in [1.82, 2.24) is 19.7 Å². The molecule has 4 aromatic rings. The van der Waals surface area contributed by atoms with Crippen LogP contribution in [0.4, 0.5) is 0 Å². The summed E-state index contributed by atoms with van der Waals surface area (Å²) in [5.41, 5.74) is 5.87. The zero-order valence-electron chi connectivity index (χ0n) is 17.0. The largest absolute Gasteiger partial charge is 0.299 e. The van der Waals surface area contributed by atoms with Crippen LogP contribution in [0.5, 0.6) is 0 Å². The Hall–Kier alpha value is -3.24. The van der Waals surface area contributed by atoms with Gasteiger partial charge in [-0.3, -0.25) is 14.6 Å². The normalized spacial score (nSPS) is 15.3. The van der Waals surface area contributed by atoms with Gasteiger partial charge in [-0.05, 0) is 47.7 Å². The van der Waals surface area contributed by atoms with Crippen LogP contribution in [-0.2, 0) is 6.54 Å². The third kappa shape index (κ3) is 4.05. The summed E-state index contributed by atoms with van der Waals surface area (Å²) >= 11 is 0. The second-order valence-corrected chi connectivity index (χ2v) is 7.87. The Morgan fingerprint density at radius 2 is 1.73 bits per heavy atom. The molecule has 30 heavy (non-hydrogen) atoms. The number of piperidine rings is 1. The summed E-state index contributed by atoms with van der Waals surface area (Å²) < 4.78 is 2.13. The minimum atomic E-state index is 0.453. The van der Waals surface area contributed by atoms with E-state index in [2.05, 4.69) is 74.4 Å². The summed E-state index contributed by atoms with van der Waals surface area (Å²) in [6.07, 6.45) is 8.12. The molecule has 1 aliphatic rings. The summed E-state index contributed by atoms with van der Waals surface area (Å²) in [4.78, 5) is 6.99. The summed E-state index contributed by atoms with van der Waals surface area (Å²) in [5, 5.41) is 4.63. The third-order valence-corrected chi connectivity index (χ3v) is 5.89. The first kappa shape index (κ1) is 18.8. The number of hydrogen-bond acceptors (Lipinski definition) is 3. The maximum atomic E-state index is 4.63. The quantitative estimate of drug-likeness (QED) is 0.464. The minimum absolute atomic E-state index is 0.453. The monoisotopic (exact) mass is 393 g/mol. The van der Waals surface area contributed by atoms with Gasteiger partial charge in [-0.2, -0.15) is 5.10 Å². The fourth-order valence-electron chi connectivity index (χ4n) is 4.26. The van der Waals surface area contributed by atoms with E-state index in [0.29, 0.717) is 6.04 Å². The molecular formula is C26H25N4. The lowest BCUT2D eigenvalue weighted by atomic mass is 9.98. The highest BCUT2D eigenvalue weighted by Crippen LogP contribution is 2.28. The first-order chi connectivity index (χ1) is 14.9. The second kappa shape index (κ2) is 8.64. The van der Waals surface area contributed by atoms with Crippen molar-refractivity contribution in [3.05, 3.63) is 97.0 Å². The Balaban J connectivity index is 1.24. The topological polar surface area (TPSA) is 34.0 Å². The van der Waals surface area contributed by atoms with Crippen LogP contribution in [0.1, 0.15) is 24.4 Å². The molecule has 4 nitrogen and oxygen atoms in total. The van der Waals surface area contributed by atoms with Crippen LogP contribution in [0.25, 0.3) is 22.4 Å². The zero-order chi connectivity index (χ0) is 20.2. The van der Waals surface area contributed by atoms with Gasteiger partial charge in [-0.15, -0.1) is 0 Å². The van der Waals surface area contributed by atoms with Crippen molar-refractivity contribution < 1.29 is 0 Å². The Morgan fingerprint density at radius 3 is 2.53 bits per heavy atom. The van der Waals surface area contributed by atoms with Crippen LogP contribution >= 0.6 is 0 Å². The van der Waals surface area contributed by atoms with E-state index < -0.39 is 0 Å². The van der Waals surface area contributed by atoms with Crippen molar-refractivity contribution >= 4 is 0 Å². The van der Waals surface area contributed by atoms with Crippen molar-refractivity contribution in [2.75, 3.05) is 13.1 Å². The van der Waals surface area contributed by atoms with E-state index in [1.807, 2.05) is 36.7 Å². The first-order valence-corrected chi connectivity index (χ1v) is 10.6. The number of benzene rings is 2. The van der Waals surface area contributed by atoms with Gasteiger partial charge in [0.2, 0.25) is 0 Å². The highest BCUT2D eigenvalue weighted by molar-refractivity contribution is 5.66. The number of rotatable bonds is 5. The van der Waals surface area contributed by atoms with Crippen molar-refractivity contribution in [2.45, 2.75) is 25.4 Å². The number of likely N-dealkylation sites (tertiary alicyclic amines) is 1. The molecule has 1 saturated heterocycles. The lowest BCUT2D eigenvalue weighted by Gasteiger charge is -2.32. The summed E-state index contributed by atoms with van der Waals surface area (Å²) in [6.45, 7) is 3.12. The van der Waals surface area contributed by atoms with Gasteiger partial charge in [0.15, 0.2) is 0 Å². The van der Waals surface area contributed by atoms with Crippen LogP contribution in [0.15, 0.2) is 85.3 Å². The van der Waals surface area contributed by atoms with Crippen LogP contribution in [0, 0.1) is 6.07 Å². The van der Waals surface area contributed by atoms with Crippen LogP contribution in [0.3, 0.4) is 0 Å². The average molecular weight is 394 g/mol. The minimum Gasteiger partial charge on any atom is -0.299 e. The summed E-state index contributed by atoms with van der Waals surface area (Å²) in [7, 11) is 0. The first-order valence-electron chi connectivity index (χ1n) is 10.6. The molecule has 0 amide bonds. The molecule has 0 unspecified atom stereocenters. The van der Waals surface area contributed by atoms with Gasteiger partial charge in [0.1, 0.15) is 0 Å². The van der Waals surface area contributed by atoms with Crippen LogP contribution in [0.2, 0.25) is 0 Å². The Labute approximate surface area is 177 Å². The van der Waals surface area contributed by atoms with E-state index in [1.165, 1.54) is 16.7 Å². The highest BCUT2D eigenvalue weighted by Gasteiger charge is 2.22. The molecule has 4 heteroatoms. The van der Waals surface area contributed by atoms with Gasteiger partial charge >= 0.3 is 0 Å². The van der Waals surface area contributed by atoms with Gasteiger partial charge in [-0.1, -0.05) is 54.6 Å². The molecule has 149 valence electrons. The fourth-order valence-corrected chi connectivity index (χ4v) is 4.26. The number of pyridine rings is 1. The van der Waals surface area contributed by atoms with E-state index in [4.69, 9.17) is 0 Å². The average Bonchev–Trinajstić information content (AvgIpc) is 3.32. The van der Waals surface area contributed by atoms with Crippen molar-refractivity contribution in [3.63, 3.8) is 0 Å². The lowest BCUT2D eigenvalue weighted by Crippen LogP contribution is -2.34. The molecule has 5 rings (SSSR count). The molecule has 0 spiro atoms. The third-order valence-electron chi connectivity index (χ3n) is 5.89. The van der Waals surface area contributed by atoms with E-state index in [0.717, 1.165) is 43.7 Å². The molecule has 0 saturated carbocycles. The molecule has 2 aromatic heterocycles. The van der Waals surface area contributed by atoms with Gasteiger partial charge < -0.3 is 0 Å². The molecule has 0 atom stereocenters. The van der Waals surface area contributed by atoms with Crippen molar-refractivity contribution in [1.29, 1.82) is 0 Å². The molecule has 2 aromatic carbocycles. The van der Waals surface area contributed by atoms with E-state index >= 15 is 0 Å². The van der Waals surface area contributed by atoms with Crippen LogP contribution < -0.4 is 0 Å². The van der Waals surface area contributed by atoms with E-state index in [9.17, 15) is 0 Å². The fraction of sp³-hybridized carbons (Fsp3) is 0.231. The van der Waals surface area contributed by atoms with Gasteiger partial charge in [0, 0.05) is 37.6 Å². The summed E-state index contributed by atoms with van der Waals surface area (Å²) in [5.74, 6) is 0. The Bertz CT molecular complexity index is 1080. The number of nitrogens with zero attached hydrogens (tertiary/aromatic N) is 4. The number of hydrogen-bond donors (Lipinski definition) is 0. The highest BCUT2D eigenvalue weighted by atomic mass is 15.3. The Kier molecular flexibility index (Phi) is 5.40. The molecule has 1 radical (unpaired) electrons. The molecule has 0 bridgehead atoms. The van der Waals surface area contributed by atoms with Crippen LogP contribution in [-0.4, -0.2) is 32.8 Å². The van der Waals surface area contributed by atoms with Crippen molar-refractivity contribution in [2.24, 2.45) is 0 Å². The molecule has 3 heterocycles. The molecule has 1 aliphatic heterocycles. The smallest absolute Gasteiger partial charge is 0.0733 e. The van der Waals surface area contributed by atoms with Gasteiger partial charge in [0.25, 0.3) is 0 Å². The Morgan fingerprint density at radius 1 is 0.900 bits per heavy atom. The SMILES string of the molecule is [c]1cccc(CN2CCC(n3cc(-c4ccccn4)cn3)CC2)c1-c1ccccc1. The standard InChI is InChI=1S/C26H25N4/c1-2-8-21(9-3-1)25-11-5-4-10-22(25)19-29-16-13-24(14-17-29)30-20-23(18-28-30)26-12-6-7-15-27-26/h1-10,12,15,18,20,24H,13-14,16-17,19H2. The molecule has 0 aliphatic carbocycles. The van der Waals surface area contributed by atoms with Crippen molar-refractivity contribution in [3.8, 4) is 22.4 Å². The predicted molar refractivity (Wildman–Crippen MR) is 120 cm³/mol. The predicted octanol–water partition coefficient (Wildman–Crippen LogP) is 5.25. The maximum Gasteiger partial charge on any atom is 0.0733 e. The summed E-state index contributed by atoms with van der Waals surface area (Å²) in [6, 6.07) is 26.8. The maximum absolute atomic E-state index is 4.63. The van der Waals surface area contributed by atoms with Gasteiger partial charge in [0.05, 0.1) is 17.9 Å². The molecular weight excluding hydrogens is 368 g/mol. The number of aromatic nitrogens is 3. The van der Waals surface area contributed by atoms with E-state index in [1.54, 1.807) is 0 Å². The molecule has 1 fully saturated rings. The zero-order valence-corrected chi connectivity index (χ0v) is 17.0. The second-order valence-electron chi connectivity index (χ2n) is 7.87. The van der Waals surface area contributed by atoms with Gasteiger partial charge in [-0.25, -0.2) is 0 Å². The van der Waals surface area contributed by atoms with E-state index in [-0.39, 0.29) is 0 Å². The lowest BCUT2D eigenvalue weighted by molar-refractivity contribution is 0.173.